The van der Waals surface area contributed by atoms with Gasteiger partial charge in [-0.3, -0.25) is 14.2 Å². The Morgan fingerprint density at radius 1 is 1.05 bits per heavy atom. The second kappa shape index (κ2) is 12.2. The van der Waals surface area contributed by atoms with Crippen LogP contribution in [0.4, 0.5) is 22.2 Å². The first-order chi connectivity index (χ1) is 20.4. The number of anilines is 3. The van der Waals surface area contributed by atoms with E-state index < -0.39 is 16.4 Å². The van der Waals surface area contributed by atoms with Crippen molar-refractivity contribution in [3.05, 3.63) is 46.0 Å². The Hall–Kier alpha value is -4.11. The number of hydrogen-bond acceptors (Lipinski definition) is 11. The van der Waals surface area contributed by atoms with Gasteiger partial charge >= 0.3 is 16.4 Å². The zero-order chi connectivity index (χ0) is 30.9. The van der Waals surface area contributed by atoms with Crippen molar-refractivity contribution in [1.29, 1.82) is 0 Å². The molecule has 1 aliphatic carbocycles. The highest BCUT2D eigenvalue weighted by Gasteiger charge is 2.31. The van der Waals surface area contributed by atoms with Gasteiger partial charge in [-0.15, -0.1) is 0 Å². The van der Waals surface area contributed by atoms with Gasteiger partial charge in [0.15, 0.2) is 5.78 Å². The van der Waals surface area contributed by atoms with Gasteiger partial charge in [-0.2, -0.15) is 17.7 Å². The molecule has 2 fully saturated rings. The maximum atomic E-state index is 13.4. The molecule has 2 aliphatic rings. The van der Waals surface area contributed by atoms with Crippen molar-refractivity contribution < 1.29 is 22.2 Å². The number of fused-ring (bicyclic) bond motifs is 1. The number of pyridine rings is 2. The number of hydrogen-bond donors (Lipinski definition) is 2. The molecule has 1 aliphatic heterocycles. The molecule has 0 radical (unpaired) electrons. The Morgan fingerprint density at radius 3 is 2.35 bits per heavy atom. The van der Waals surface area contributed by atoms with E-state index >= 15 is 0 Å². The highest BCUT2D eigenvalue weighted by atomic mass is 32.2. The van der Waals surface area contributed by atoms with Crippen LogP contribution in [-0.4, -0.2) is 76.3 Å². The lowest BCUT2D eigenvalue weighted by molar-refractivity contribution is 0.101. The van der Waals surface area contributed by atoms with E-state index in [0.29, 0.717) is 35.5 Å². The highest BCUT2D eigenvalue weighted by molar-refractivity contribution is 7.84. The lowest BCUT2D eigenvalue weighted by Gasteiger charge is -2.34. The summed E-state index contributed by atoms with van der Waals surface area (Å²) in [5, 5.41) is 6.17. The molecule has 5 rings (SSSR count). The molecule has 2 N–H and O–H groups in total. The van der Waals surface area contributed by atoms with Gasteiger partial charge < -0.3 is 19.7 Å². The number of nitrogens with one attached hydrogen (secondary N) is 2. The van der Waals surface area contributed by atoms with Crippen LogP contribution in [0.2, 0.25) is 0 Å². The molecule has 15 heteroatoms. The number of aryl methyl sites for hydroxylation is 1. The van der Waals surface area contributed by atoms with E-state index in [9.17, 15) is 22.8 Å². The molecule has 0 atom stereocenters. The molecule has 3 aromatic rings. The van der Waals surface area contributed by atoms with Gasteiger partial charge in [0.1, 0.15) is 11.5 Å². The number of carbonyl (C=O) groups excluding carboxylic acids is 2. The summed E-state index contributed by atoms with van der Waals surface area (Å²) in [7, 11) is -4.19. The fourth-order valence-electron chi connectivity index (χ4n) is 5.65. The molecule has 1 amide bonds. The molecule has 4 heterocycles. The fourth-order valence-corrected chi connectivity index (χ4v) is 6.60. The maximum absolute atomic E-state index is 13.4. The third-order valence-electron chi connectivity index (χ3n) is 7.75. The predicted molar refractivity (Wildman–Crippen MR) is 161 cm³/mol. The highest BCUT2D eigenvalue weighted by Crippen LogP contribution is 2.32. The van der Waals surface area contributed by atoms with Crippen LogP contribution in [-0.2, 0) is 14.5 Å². The van der Waals surface area contributed by atoms with Crippen molar-refractivity contribution >= 4 is 50.7 Å². The summed E-state index contributed by atoms with van der Waals surface area (Å²) in [4.78, 5) is 53.2. The second-order valence-corrected chi connectivity index (χ2v) is 12.7. The minimum atomic E-state index is -4.19. The average molecular weight is 613 g/mol. The molecule has 43 heavy (non-hydrogen) atoms. The van der Waals surface area contributed by atoms with Crippen LogP contribution in [0.15, 0.2) is 29.3 Å². The first-order valence-corrected chi connectivity index (χ1v) is 15.7. The van der Waals surface area contributed by atoms with E-state index in [-0.39, 0.29) is 48.0 Å². The van der Waals surface area contributed by atoms with Gasteiger partial charge in [-0.1, -0.05) is 12.8 Å². The van der Waals surface area contributed by atoms with Crippen LogP contribution in [0, 0.1) is 6.92 Å². The average Bonchev–Trinajstić information content (AvgIpc) is 3.47. The zero-order valence-electron chi connectivity index (χ0n) is 24.7. The Labute approximate surface area is 249 Å². The maximum Gasteiger partial charge on any atom is 0.423 e. The summed E-state index contributed by atoms with van der Waals surface area (Å²) in [5.41, 5.74) is 1.74. The zero-order valence-corrected chi connectivity index (χ0v) is 25.5. The van der Waals surface area contributed by atoms with Crippen LogP contribution >= 0.6 is 0 Å². The summed E-state index contributed by atoms with van der Waals surface area (Å²) in [6.45, 7) is 7.64. The minimum absolute atomic E-state index is 0.0203. The molecular weight excluding hydrogens is 576 g/mol. The quantitative estimate of drug-likeness (QED) is 0.359. The first-order valence-electron chi connectivity index (χ1n) is 14.4. The number of rotatable bonds is 8. The number of amides is 1. The number of aromatic nitrogens is 4. The summed E-state index contributed by atoms with van der Waals surface area (Å²) in [6, 6.07) is 3.35. The van der Waals surface area contributed by atoms with Gasteiger partial charge in [0.25, 0.3) is 5.56 Å². The Kier molecular flexibility index (Phi) is 8.64. The van der Waals surface area contributed by atoms with Gasteiger partial charge in [-0.25, -0.2) is 14.8 Å². The van der Waals surface area contributed by atoms with Crippen molar-refractivity contribution in [2.75, 3.05) is 36.4 Å². The number of piperazine rings is 1. The van der Waals surface area contributed by atoms with Crippen molar-refractivity contribution in [2.45, 2.75) is 65.5 Å². The van der Waals surface area contributed by atoms with E-state index in [1.165, 1.54) is 6.92 Å². The van der Waals surface area contributed by atoms with Crippen LogP contribution in [0.3, 0.4) is 0 Å². The Balaban J connectivity index is 1.30. The van der Waals surface area contributed by atoms with E-state index in [0.717, 1.165) is 35.7 Å². The van der Waals surface area contributed by atoms with Crippen molar-refractivity contribution in [3.8, 4) is 0 Å². The molecule has 0 bridgehead atoms. The van der Waals surface area contributed by atoms with Crippen LogP contribution < -0.4 is 21.1 Å². The number of nitrogens with zero attached hydrogens (tertiary/aromatic N) is 6. The number of carbonyl (C=O) groups is 2. The fraction of sp³-hybridized carbons (Fsp3) is 0.500. The van der Waals surface area contributed by atoms with E-state index in [2.05, 4.69) is 24.8 Å². The standard InChI is InChI=1S/C28H36N8O6S/c1-17(2)31-28(39)42-43(40,41)35-13-11-34(12-14-35)21-9-10-23(29-15-21)32-27-30-16-22-18(3)24(19(4)37)26(38)36(25(22)33-27)20-7-5-6-8-20/h9-10,15-17,20H,5-8,11-14H2,1-4H3,(H,31,39)(H,29,30,32,33). The van der Waals surface area contributed by atoms with Gasteiger partial charge in [-0.05, 0) is 58.2 Å². The predicted octanol–water partition coefficient (Wildman–Crippen LogP) is 3.06. The minimum Gasteiger partial charge on any atom is -0.368 e. The SMILES string of the molecule is CC(=O)c1c(C)c2cnc(Nc3ccc(N4CCN(S(=O)(=O)OC(=O)NC(C)C)CC4)cn3)nc2n(C2CCCC2)c1=O. The molecule has 230 valence electrons. The van der Waals surface area contributed by atoms with E-state index in [1.54, 1.807) is 43.8 Å². The van der Waals surface area contributed by atoms with Crippen molar-refractivity contribution in [1.82, 2.24) is 29.1 Å². The summed E-state index contributed by atoms with van der Waals surface area (Å²) < 4.78 is 32.4. The second-order valence-electron chi connectivity index (χ2n) is 11.1. The van der Waals surface area contributed by atoms with Crippen LogP contribution in [0.5, 0.6) is 0 Å². The Bertz CT molecular complexity index is 1690. The number of Topliss-reactive ketones (excluding diaryl/α,β-unsaturated/α-hetero) is 1. The van der Waals surface area contributed by atoms with E-state index in [1.807, 2.05) is 11.0 Å². The Morgan fingerprint density at radius 2 is 1.74 bits per heavy atom. The largest absolute Gasteiger partial charge is 0.423 e. The van der Waals surface area contributed by atoms with Crippen LogP contribution in [0.1, 0.15) is 68.4 Å². The third-order valence-corrected chi connectivity index (χ3v) is 9.11. The van der Waals surface area contributed by atoms with E-state index in [4.69, 9.17) is 4.98 Å². The van der Waals surface area contributed by atoms with Gasteiger partial charge in [0, 0.05) is 49.8 Å². The molecular formula is C28H36N8O6S. The third kappa shape index (κ3) is 6.46. The van der Waals surface area contributed by atoms with Gasteiger partial charge in [0.05, 0.1) is 17.4 Å². The first kappa shape index (κ1) is 30.4. The molecule has 0 aromatic carbocycles. The van der Waals surface area contributed by atoms with Crippen molar-refractivity contribution in [3.63, 3.8) is 0 Å². The molecule has 1 saturated heterocycles. The van der Waals surface area contributed by atoms with Crippen LogP contribution in [0.25, 0.3) is 11.0 Å². The summed E-state index contributed by atoms with van der Waals surface area (Å²) in [6.07, 6.45) is 6.04. The molecule has 0 unspecified atom stereocenters. The molecule has 14 nitrogen and oxygen atoms in total. The van der Waals surface area contributed by atoms with Crippen molar-refractivity contribution in [2.24, 2.45) is 0 Å². The number of ketones is 1. The monoisotopic (exact) mass is 612 g/mol. The molecule has 3 aromatic heterocycles. The molecule has 1 saturated carbocycles. The van der Waals surface area contributed by atoms with Gasteiger partial charge in [0.2, 0.25) is 5.95 Å². The lowest BCUT2D eigenvalue weighted by atomic mass is 10.0. The topological polar surface area (TPSA) is 169 Å². The molecule has 0 spiro atoms. The summed E-state index contributed by atoms with van der Waals surface area (Å²) in [5.74, 6) is 0.489. The smallest absolute Gasteiger partial charge is 0.368 e. The normalized spacial score (nSPS) is 16.5. The summed E-state index contributed by atoms with van der Waals surface area (Å²) >= 11 is 0. The lowest BCUT2D eigenvalue weighted by Crippen LogP contribution is -2.50.